The lowest BCUT2D eigenvalue weighted by Crippen LogP contribution is -2.28. The average molecular weight is 429 g/mol. The summed E-state index contributed by atoms with van der Waals surface area (Å²) in [5.41, 5.74) is 2.10. The van der Waals surface area contributed by atoms with Gasteiger partial charge in [-0.05, 0) is 30.0 Å². The molecule has 2 aromatic heterocycles. The summed E-state index contributed by atoms with van der Waals surface area (Å²) in [6.45, 7) is 7.14. The second-order valence-electron chi connectivity index (χ2n) is 7.91. The Morgan fingerprint density at radius 2 is 2.07 bits per heavy atom. The number of ether oxygens (including phenoxy) is 1. The number of rotatable bonds is 7. The van der Waals surface area contributed by atoms with Crippen LogP contribution >= 0.6 is 23.1 Å². The van der Waals surface area contributed by atoms with Crippen LogP contribution < -0.4 is 5.56 Å². The van der Waals surface area contributed by atoms with Gasteiger partial charge in [0.05, 0.1) is 23.8 Å². The van der Waals surface area contributed by atoms with Crippen molar-refractivity contribution in [3.63, 3.8) is 0 Å². The molecule has 0 saturated carbocycles. The average Bonchev–Trinajstić information content (AvgIpc) is 3.09. The van der Waals surface area contributed by atoms with E-state index in [2.05, 4.69) is 20.8 Å². The maximum absolute atomic E-state index is 13.7. The maximum Gasteiger partial charge on any atom is 0.267 e. The normalized spacial score (nSPS) is 16.5. The number of unbranched alkanes of at least 4 members (excludes halogenated alkanes) is 2. The monoisotopic (exact) mass is 428 g/mol. The summed E-state index contributed by atoms with van der Waals surface area (Å²) in [7, 11) is 0. The van der Waals surface area contributed by atoms with Crippen molar-refractivity contribution in [3.8, 4) is 5.69 Å². The van der Waals surface area contributed by atoms with Gasteiger partial charge in [-0.15, -0.1) is 11.3 Å². The van der Waals surface area contributed by atoms with E-state index in [1.54, 1.807) is 23.1 Å². The van der Waals surface area contributed by atoms with Crippen molar-refractivity contribution in [2.75, 3.05) is 5.75 Å². The Labute approximate surface area is 180 Å². The molecular formula is C23H28N2O2S2. The van der Waals surface area contributed by atoms with E-state index in [0.717, 1.165) is 50.1 Å². The Balaban J connectivity index is 1.84. The zero-order valence-electron chi connectivity index (χ0n) is 17.3. The fraction of sp³-hybridized carbons (Fsp3) is 0.478. The second kappa shape index (κ2) is 9.02. The minimum atomic E-state index is 0.0566. The van der Waals surface area contributed by atoms with Gasteiger partial charge >= 0.3 is 0 Å². The van der Waals surface area contributed by atoms with Gasteiger partial charge in [-0.25, -0.2) is 4.98 Å². The molecule has 0 N–H and O–H groups in total. The van der Waals surface area contributed by atoms with E-state index in [9.17, 15) is 4.79 Å². The second-order valence-corrected chi connectivity index (χ2v) is 10.1. The van der Waals surface area contributed by atoms with Crippen molar-refractivity contribution in [2.24, 2.45) is 5.92 Å². The van der Waals surface area contributed by atoms with Gasteiger partial charge in [0.25, 0.3) is 5.56 Å². The largest absolute Gasteiger partial charge is 0.372 e. The highest BCUT2D eigenvalue weighted by atomic mass is 32.2. The van der Waals surface area contributed by atoms with E-state index < -0.39 is 0 Å². The van der Waals surface area contributed by atoms with Crippen molar-refractivity contribution < 1.29 is 4.74 Å². The predicted molar refractivity (Wildman–Crippen MR) is 123 cm³/mol. The van der Waals surface area contributed by atoms with Crippen LogP contribution in [0.25, 0.3) is 15.9 Å². The summed E-state index contributed by atoms with van der Waals surface area (Å²) in [6.07, 6.45) is 4.48. The summed E-state index contributed by atoms with van der Waals surface area (Å²) in [6, 6.07) is 9.91. The molecule has 29 heavy (non-hydrogen) atoms. The summed E-state index contributed by atoms with van der Waals surface area (Å²) < 4.78 is 7.85. The van der Waals surface area contributed by atoms with Crippen LogP contribution in [-0.4, -0.2) is 21.4 Å². The smallest absolute Gasteiger partial charge is 0.267 e. The number of nitrogens with zero attached hydrogens (tertiary/aromatic N) is 2. The Morgan fingerprint density at radius 1 is 1.28 bits per heavy atom. The molecule has 0 aliphatic carbocycles. The van der Waals surface area contributed by atoms with Crippen molar-refractivity contribution >= 4 is 33.3 Å². The number of thiophene rings is 1. The van der Waals surface area contributed by atoms with E-state index in [4.69, 9.17) is 9.72 Å². The first-order valence-electron chi connectivity index (χ1n) is 10.5. The first kappa shape index (κ1) is 20.6. The number of fused-ring (bicyclic) bond motifs is 3. The van der Waals surface area contributed by atoms with E-state index in [1.165, 1.54) is 12.8 Å². The summed E-state index contributed by atoms with van der Waals surface area (Å²) in [4.78, 5) is 20.7. The van der Waals surface area contributed by atoms with Gasteiger partial charge in [0.1, 0.15) is 4.83 Å². The Morgan fingerprint density at radius 3 is 2.79 bits per heavy atom. The third-order valence-corrected chi connectivity index (χ3v) is 7.57. The molecule has 1 atom stereocenters. The fourth-order valence-electron chi connectivity index (χ4n) is 3.75. The molecule has 1 aliphatic rings. The van der Waals surface area contributed by atoms with Crippen LogP contribution in [-0.2, 0) is 17.8 Å². The molecule has 3 aromatic rings. The van der Waals surface area contributed by atoms with Crippen LogP contribution in [0.5, 0.6) is 0 Å². The van der Waals surface area contributed by atoms with Crippen LogP contribution in [0.4, 0.5) is 0 Å². The molecule has 0 saturated heterocycles. The van der Waals surface area contributed by atoms with Gasteiger partial charge in [-0.1, -0.05) is 63.6 Å². The van der Waals surface area contributed by atoms with Crippen molar-refractivity contribution in [2.45, 2.75) is 64.3 Å². The molecule has 0 fully saturated rings. The molecule has 0 radical (unpaired) electrons. The third-order valence-electron chi connectivity index (χ3n) is 5.45. The topological polar surface area (TPSA) is 44.1 Å². The molecule has 4 rings (SSSR count). The lowest BCUT2D eigenvalue weighted by molar-refractivity contribution is 0.00200. The first-order valence-corrected chi connectivity index (χ1v) is 12.3. The Hall–Kier alpha value is -1.63. The first-order chi connectivity index (χ1) is 14.1. The minimum Gasteiger partial charge on any atom is -0.372 e. The minimum absolute atomic E-state index is 0.0566. The lowest BCUT2D eigenvalue weighted by Gasteiger charge is -2.26. The highest BCUT2D eigenvalue weighted by molar-refractivity contribution is 7.99. The Bertz CT molecular complexity index is 1040. The number of thioether (sulfide) groups is 1. The van der Waals surface area contributed by atoms with Crippen LogP contribution in [0.2, 0.25) is 0 Å². The predicted octanol–water partition coefficient (Wildman–Crippen LogP) is 5.83. The van der Waals surface area contributed by atoms with Gasteiger partial charge in [0.2, 0.25) is 0 Å². The standard InChI is InChI=1S/C23H28N2O2S2/c1-4-5-9-12-28-23-24-21-20(22(26)25(23)16-10-7-6-8-11-16)17-13-18(15(2)3)27-14-19(17)29-21/h6-8,10-11,15,18H,4-5,9,12-14H2,1-3H3. The van der Waals surface area contributed by atoms with E-state index >= 15 is 0 Å². The molecule has 154 valence electrons. The fourth-order valence-corrected chi connectivity index (χ4v) is 5.93. The lowest BCUT2D eigenvalue weighted by atomic mass is 9.96. The number of hydrogen-bond acceptors (Lipinski definition) is 5. The van der Waals surface area contributed by atoms with E-state index in [0.29, 0.717) is 12.5 Å². The van der Waals surface area contributed by atoms with Crippen molar-refractivity contribution in [1.82, 2.24) is 9.55 Å². The van der Waals surface area contributed by atoms with E-state index in [1.807, 2.05) is 34.9 Å². The van der Waals surface area contributed by atoms with Gasteiger partial charge in [0, 0.05) is 17.1 Å². The van der Waals surface area contributed by atoms with Crippen molar-refractivity contribution in [3.05, 3.63) is 51.1 Å². The Kier molecular flexibility index (Phi) is 6.42. The number of aromatic nitrogens is 2. The molecule has 0 bridgehead atoms. The number of benzene rings is 1. The highest BCUT2D eigenvalue weighted by Gasteiger charge is 2.28. The van der Waals surface area contributed by atoms with E-state index in [-0.39, 0.29) is 11.7 Å². The number of hydrogen-bond donors (Lipinski definition) is 0. The molecule has 1 aliphatic heterocycles. The van der Waals surface area contributed by atoms with Gasteiger partial charge in [-0.2, -0.15) is 0 Å². The summed E-state index contributed by atoms with van der Waals surface area (Å²) in [5, 5.41) is 1.59. The number of para-hydroxylation sites is 1. The molecule has 6 heteroatoms. The molecule has 4 nitrogen and oxygen atoms in total. The molecule has 0 amide bonds. The SMILES string of the molecule is CCCCCSc1nc2sc3c(c2c(=O)n1-c1ccccc1)CC(C(C)C)OC3. The molecule has 0 spiro atoms. The quantitative estimate of drug-likeness (QED) is 0.270. The molecule has 1 aromatic carbocycles. The zero-order valence-corrected chi connectivity index (χ0v) is 18.9. The van der Waals surface area contributed by atoms with Gasteiger partial charge in [-0.3, -0.25) is 9.36 Å². The molecular weight excluding hydrogens is 400 g/mol. The zero-order chi connectivity index (χ0) is 20.4. The van der Waals surface area contributed by atoms with Crippen LogP contribution in [0.15, 0.2) is 40.3 Å². The third kappa shape index (κ3) is 4.16. The highest BCUT2D eigenvalue weighted by Crippen LogP contribution is 2.36. The summed E-state index contributed by atoms with van der Waals surface area (Å²) in [5.74, 6) is 1.40. The molecule has 3 heterocycles. The van der Waals surface area contributed by atoms with Gasteiger partial charge in [0.15, 0.2) is 5.16 Å². The van der Waals surface area contributed by atoms with Gasteiger partial charge < -0.3 is 4.74 Å². The van der Waals surface area contributed by atoms with Crippen molar-refractivity contribution in [1.29, 1.82) is 0 Å². The van der Waals surface area contributed by atoms with Crippen LogP contribution in [0.3, 0.4) is 0 Å². The van der Waals surface area contributed by atoms with Crippen LogP contribution in [0, 0.1) is 5.92 Å². The molecule has 1 unspecified atom stereocenters. The summed E-state index contributed by atoms with van der Waals surface area (Å²) >= 11 is 3.32. The maximum atomic E-state index is 13.7. The van der Waals surface area contributed by atoms with Crippen LogP contribution in [0.1, 0.15) is 50.5 Å².